The van der Waals surface area contributed by atoms with Crippen molar-refractivity contribution < 1.29 is 14.4 Å². The van der Waals surface area contributed by atoms with Crippen molar-refractivity contribution in [1.82, 2.24) is 4.90 Å². The van der Waals surface area contributed by atoms with Crippen molar-refractivity contribution in [3.8, 4) is 0 Å². The van der Waals surface area contributed by atoms with Crippen molar-refractivity contribution in [2.24, 2.45) is 0 Å². The number of hydrogen-bond donors (Lipinski definition) is 1. The van der Waals surface area contributed by atoms with Crippen molar-refractivity contribution in [3.05, 3.63) is 70.6 Å². The number of aryl methyl sites for hydroxylation is 1. The first-order valence-electron chi connectivity index (χ1n) is 7.70. The first-order valence-corrected chi connectivity index (χ1v) is 8.51. The highest BCUT2D eigenvalue weighted by Crippen LogP contribution is 2.32. The van der Waals surface area contributed by atoms with Gasteiger partial charge in [-0.1, -0.05) is 42.5 Å². The number of benzene rings is 2. The van der Waals surface area contributed by atoms with Gasteiger partial charge in [-0.2, -0.15) is 0 Å². The standard InChI is InChI=1S/C19H16N2O3S/c1-13-6-5-9-15(10-13)20-17(22)12-21-18(23)16(25-19(21)24)11-14-7-3-2-4-8-14/h2-11H,12H2,1H3,(H,20,22)/b16-11+. The summed E-state index contributed by atoms with van der Waals surface area (Å²) in [5.41, 5.74) is 2.48. The van der Waals surface area contributed by atoms with Crippen LogP contribution in [0.5, 0.6) is 0 Å². The van der Waals surface area contributed by atoms with Gasteiger partial charge in [-0.05, 0) is 48.0 Å². The van der Waals surface area contributed by atoms with Gasteiger partial charge in [0, 0.05) is 5.69 Å². The normalized spacial score (nSPS) is 15.7. The predicted molar refractivity (Wildman–Crippen MR) is 98.9 cm³/mol. The quantitative estimate of drug-likeness (QED) is 0.853. The van der Waals surface area contributed by atoms with E-state index < -0.39 is 17.1 Å². The summed E-state index contributed by atoms with van der Waals surface area (Å²) in [5.74, 6) is -0.855. The molecular formula is C19H16N2O3S. The molecule has 1 saturated heterocycles. The van der Waals surface area contributed by atoms with E-state index in [0.29, 0.717) is 10.6 Å². The second kappa shape index (κ2) is 7.36. The Bertz CT molecular complexity index is 862. The lowest BCUT2D eigenvalue weighted by atomic mass is 10.2. The summed E-state index contributed by atoms with van der Waals surface area (Å²) in [7, 11) is 0. The molecule has 126 valence electrons. The van der Waals surface area contributed by atoms with E-state index in [9.17, 15) is 14.4 Å². The molecule has 1 heterocycles. The van der Waals surface area contributed by atoms with Gasteiger partial charge in [0.1, 0.15) is 6.54 Å². The minimum absolute atomic E-state index is 0.301. The number of anilines is 1. The van der Waals surface area contributed by atoms with E-state index in [1.165, 1.54) is 0 Å². The van der Waals surface area contributed by atoms with Crippen molar-refractivity contribution >= 4 is 40.6 Å². The van der Waals surface area contributed by atoms with Gasteiger partial charge < -0.3 is 5.32 Å². The van der Waals surface area contributed by atoms with Gasteiger partial charge in [0.2, 0.25) is 5.91 Å². The smallest absolute Gasteiger partial charge is 0.294 e. The van der Waals surface area contributed by atoms with E-state index in [1.54, 1.807) is 12.1 Å². The highest BCUT2D eigenvalue weighted by atomic mass is 32.2. The molecule has 3 amide bonds. The second-order valence-electron chi connectivity index (χ2n) is 5.60. The molecule has 2 aromatic carbocycles. The lowest BCUT2D eigenvalue weighted by Gasteiger charge is -2.12. The third kappa shape index (κ3) is 4.16. The summed E-state index contributed by atoms with van der Waals surface area (Å²) >= 11 is 0.846. The van der Waals surface area contributed by atoms with Crippen molar-refractivity contribution in [3.63, 3.8) is 0 Å². The molecular weight excluding hydrogens is 336 g/mol. The number of nitrogens with one attached hydrogen (secondary N) is 1. The van der Waals surface area contributed by atoms with Crippen LogP contribution in [-0.4, -0.2) is 28.5 Å². The zero-order valence-electron chi connectivity index (χ0n) is 13.6. The molecule has 6 heteroatoms. The van der Waals surface area contributed by atoms with E-state index >= 15 is 0 Å². The molecule has 0 unspecified atom stereocenters. The Labute approximate surface area is 149 Å². The third-order valence-electron chi connectivity index (χ3n) is 3.57. The van der Waals surface area contributed by atoms with Crippen LogP contribution in [0, 0.1) is 6.92 Å². The summed E-state index contributed by atoms with van der Waals surface area (Å²) < 4.78 is 0. The molecule has 0 radical (unpaired) electrons. The second-order valence-corrected chi connectivity index (χ2v) is 6.59. The van der Waals surface area contributed by atoms with Gasteiger partial charge in [0.15, 0.2) is 0 Å². The van der Waals surface area contributed by atoms with Crippen LogP contribution in [0.1, 0.15) is 11.1 Å². The largest absolute Gasteiger partial charge is 0.325 e. The number of imide groups is 1. The van der Waals surface area contributed by atoms with Gasteiger partial charge in [-0.15, -0.1) is 0 Å². The monoisotopic (exact) mass is 352 g/mol. The maximum Gasteiger partial charge on any atom is 0.294 e. The Hall–Kier alpha value is -2.86. The Morgan fingerprint density at radius 2 is 1.88 bits per heavy atom. The average molecular weight is 352 g/mol. The molecule has 1 fully saturated rings. The lowest BCUT2D eigenvalue weighted by molar-refractivity contribution is -0.127. The zero-order valence-corrected chi connectivity index (χ0v) is 14.4. The molecule has 3 rings (SSSR count). The van der Waals surface area contributed by atoms with Crippen molar-refractivity contribution in [2.75, 3.05) is 11.9 Å². The maximum atomic E-state index is 12.4. The number of hydrogen-bond acceptors (Lipinski definition) is 4. The fourth-order valence-electron chi connectivity index (χ4n) is 2.40. The van der Waals surface area contributed by atoms with Crippen LogP contribution >= 0.6 is 11.8 Å². The molecule has 1 aliphatic rings. The van der Waals surface area contributed by atoms with Gasteiger partial charge in [0.25, 0.3) is 11.1 Å². The highest BCUT2D eigenvalue weighted by Gasteiger charge is 2.36. The van der Waals surface area contributed by atoms with Crippen LogP contribution in [0.2, 0.25) is 0 Å². The zero-order chi connectivity index (χ0) is 17.8. The summed E-state index contributed by atoms with van der Waals surface area (Å²) in [6.45, 7) is 1.62. The van der Waals surface area contributed by atoms with Crippen LogP contribution < -0.4 is 5.32 Å². The summed E-state index contributed by atoms with van der Waals surface area (Å²) in [4.78, 5) is 37.9. The topological polar surface area (TPSA) is 66.5 Å². The molecule has 0 spiro atoms. The highest BCUT2D eigenvalue weighted by molar-refractivity contribution is 8.18. The van der Waals surface area contributed by atoms with Gasteiger partial charge in [0.05, 0.1) is 4.91 Å². The molecule has 0 aromatic heterocycles. The van der Waals surface area contributed by atoms with Gasteiger partial charge in [-0.3, -0.25) is 19.3 Å². The van der Waals surface area contributed by atoms with Crippen LogP contribution in [0.15, 0.2) is 59.5 Å². The minimum atomic E-state index is -0.446. The van der Waals surface area contributed by atoms with Crippen LogP contribution in [0.25, 0.3) is 6.08 Å². The van der Waals surface area contributed by atoms with E-state index in [1.807, 2.05) is 55.5 Å². The molecule has 0 atom stereocenters. The molecule has 0 saturated carbocycles. The molecule has 1 aliphatic heterocycles. The molecule has 0 bridgehead atoms. The van der Waals surface area contributed by atoms with E-state index in [4.69, 9.17) is 0 Å². The van der Waals surface area contributed by atoms with Crippen LogP contribution in [0.4, 0.5) is 10.5 Å². The fraction of sp³-hybridized carbons (Fsp3) is 0.105. The Morgan fingerprint density at radius 3 is 2.60 bits per heavy atom. The van der Waals surface area contributed by atoms with Crippen LogP contribution in [0.3, 0.4) is 0 Å². The van der Waals surface area contributed by atoms with E-state index in [0.717, 1.165) is 27.8 Å². The summed E-state index contributed by atoms with van der Waals surface area (Å²) in [6.07, 6.45) is 1.66. The van der Waals surface area contributed by atoms with Crippen molar-refractivity contribution in [1.29, 1.82) is 0 Å². The van der Waals surface area contributed by atoms with E-state index in [-0.39, 0.29) is 6.54 Å². The predicted octanol–water partition coefficient (Wildman–Crippen LogP) is 3.67. The molecule has 0 aliphatic carbocycles. The summed E-state index contributed by atoms with van der Waals surface area (Å²) in [5, 5.41) is 2.26. The number of carbonyl (C=O) groups is 3. The molecule has 5 nitrogen and oxygen atoms in total. The number of carbonyl (C=O) groups excluding carboxylic acids is 3. The Balaban J connectivity index is 1.68. The third-order valence-corrected chi connectivity index (χ3v) is 4.48. The SMILES string of the molecule is Cc1cccc(NC(=O)CN2C(=O)S/C(=C/c3ccccc3)C2=O)c1. The number of amides is 3. The number of thioether (sulfide) groups is 1. The number of rotatable bonds is 4. The van der Waals surface area contributed by atoms with Crippen molar-refractivity contribution in [2.45, 2.75) is 6.92 Å². The molecule has 2 aromatic rings. The average Bonchev–Trinajstić information content (AvgIpc) is 2.83. The fourth-order valence-corrected chi connectivity index (χ4v) is 3.24. The van der Waals surface area contributed by atoms with Gasteiger partial charge >= 0.3 is 0 Å². The first kappa shape index (κ1) is 17.0. The molecule has 1 N–H and O–H groups in total. The Morgan fingerprint density at radius 1 is 1.12 bits per heavy atom. The first-order chi connectivity index (χ1) is 12.0. The van der Waals surface area contributed by atoms with E-state index in [2.05, 4.69) is 5.32 Å². The summed E-state index contributed by atoms with van der Waals surface area (Å²) in [6, 6.07) is 16.6. The minimum Gasteiger partial charge on any atom is -0.325 e. The number of nitrogens with zero attached hydrogens (tertiary/aromatic N) is 1. The van der Waals surface area contributed by atoms with Crippen LogP contribution in [-0.2, 0) is 9.59 Å². The molecule has 25 heavy (non-hydrogen) atoms. The van der Waals surface area contributed by atoms with Gasteiger partial charge in [-0.25, -0.2) is 0 Å². The Kier molecular flexibility index (Phi) is 5.00. The lowest BCUT2D eigenvalue weighted by Crippen LogP contribution is -2.36. The maximum absolute atomic E-state index is 12.4.